The standard InChI is InChI=1S/C4H11N.C3H5N/c1-3-5-4-2;1-2-3-4/h5H,3-4H2,1-2H3;1H,3-4H2. The van der Waals surface area contributed by atoms with E-state index in [1.54, 1.807) is 0 Å². The molecule has 2 heteroatoms. The van der Waals surface area contributed by atoms with Gasteiger partial charge in [-0.15, -0.1) is 6.42 Å². The summed E-state index contributed by atoms with van der Waals surface area (Å²) < 4.78 is 0. The fourth-order valence-corrected chi connectivity index (χ4v) is 0.250. The number of hydrogen-bond donors (Lipinski definition) is 2. The Morgan fingerprint density at radius 1 is 1.44 bits per heavy atom. The van der Waals surface area contributed by atoms with Gasteiger partial charge in [0.1, 0.15) is 0 Å². The van der Waals surface area contributed by atoms with Crippen molar-refractivity contribution in [1.29, 1.82) is 0 Å². The van der Waals surface area contributed by atoms with Crippen LogP contribution >= 0.6 is 0 Å². The largest absolute Gasteiger partial charge is 0.320 e. The van der Waals surface area contributed by atoms with Crippen LogP contribution in [0.25, 0.3) is 0 Å². The predicted molar refractivity (Wildman–Crippen MR) is 42.1 cm³/mol. The fourth-order valence-electron chi connectivity index (χ4n) is 0.250. The molecule has 0 fully saturated rings. The van der Waals surface area contributed by atoms with Crippen LogP contribution in [0.2, 0.25) is 0 Å². The second kappa shape index (κ2) is 15.6. The van der Waals surface area contributed by atoms with Gasteiger partial charge in [0.05, 0.1) is 6.54 Å². The van der Waals surface area contributed by atoms with Crippen LogP contribution in [-0.4, -0.2) is 19.6 Å². The lowest BCUT2D eigenvalue weighted by Gasteiger charge is -1.86. The molecule has 0 radical (unpaired) electrons. The second-order valence-corrected chi connectivity index (χ2v) is 1.37. The first kappa shape index (κ1) is 11.3. The Morgan fingerprint density at radius 3 is 1.78 bits per heavy atom. The summed E-state index contributed by atoms with van der Waals surface area (Å²) in [4.78, 5) is 0. The summed E-state index contributed by atoms with van der Waals surface area (Å²) in [6, 6.07) is 0. The minimum atomic E-state index is 0.347. The number of nitrogens with one attached hydrogen (secondary N) is 1. The lowest BCUT2D eigenvalue weighted by atomic mass is 10.7. The molecule has 0 saturated heterocycles. The fraction of sp³-hybridized carbons (Fsp3) is 0.714. The number of hydrogen-bond acceptors (Lipinski definition) is 2. The monoisotopic (exact) mass is 128 g/mol. The van der Waals surface area contributed by atoms with Crippen molar-refractivity contribution in [1.82, 2.24) is 5.32 Å². The van der Waals surface area contributed by atoms with E-state index in [-0.39, 0.29) is 0 Å². The van der Waals surface area contributed by atoms with Crippen LogP contribution in [-0.2, 0) is 0 Å². The van der Waals surface area contributed by atoms with E-state index in [2.05, 4.69) is 31.5 Å². The third-order valence-corrected chi connectivity index (χ3v) is 0.618. The first-order valence-electron chi connectivity index (χ1n) is 3.17. The smallest absolute Gasteiger partial charge is 0.0548 e. The highest BCUT2D eigenvalue weighted by molar-refractivity contribution is 4.83. The summed E-state index contributed by atoms with van der Waals surface area (Å²) in [5.41, 5.74) is 4.79. The van der Waals surface area contributed by atoms with E-state index < -0.39 is 0 Å². The highest BCUT2D eigenvalue weighted by Gasteiger charge is 1.62. The van der Waals surface area contributed by atoms with Gasteiger partial charge in [0.15, 0.2) is 0 Å². The van der Waals surface area contributed by atoms with Crippen LogP contribution in [0.5, 0.6) is 0 Å². The third kappa shape index (κ3) is 36.5. The molecule has 0 amide bonds. The Kier molecular flexibility index (Phi) is 19.6. The van der Waals surface area contributed by atoms with Gasteiger partial charge >= 0.3 is 0 Å². The molecular formula is C7H16N2. The highest BCUT2D eigenvalue weighted by Crippen LogP contribution is 1.47. The van der Waals surface area contributed by atoms with Gasteiger partial charge in [0.25, 0.3) is 0 Å². The Labute approximate surface area is 57.8 Å². The summed E-state index contributed by atoms with van der Waals surface area (Å²) in [5.74, 6) is 2.21. The van der Waals surface area contributed by atoms with Crippen molar-refractivity contribution < 1.29 is 0 Å². The molecule has 0 bridgehead atoms. The van der Waals surface area contributed by atoms with Crippen molar-refractivity contribution in [3.63, 3.8) is 0 Å². The van der Waals surface area contributed by atoms with Crippen LogP contribution in [0.4, 0.5) is 0 Å². The molecule has 3 N–H and O–H groups in total. The van der Waals surface area contributed by atoms with Crippen molar-refractivity contribution in [3.05, 3.63) is 0 Å². The molecule has 0 heterocycles. The SMILES string of the molecule is C#CCN.CCNCC. The van der Waals surface area contributed by atoms with Crippen molar-refractivity contribution in [3.8, 4) is 12.3 Å². The van der Waals surface area contributed by atoms with E-state index in [4.69, 9.17) is 5.73 Å². The molecule has 0 saturated carbocycles. The van der Waals surface area contributed by atoms with Gasteiger partial charge in [0, 0.05) is 0 Å². The van der Waals surface area contributed by atoms with Gasteiger partial charge in [-0.2, -0.15) is 0 Å². The summed E-state index contributed by atoms with van der Waals surface area (Å²) in [6.07, 6.45) is 4.65. The number of rotatable bonds is 2. The lowest BCUT2D eigenvalue weighted by Crippen LogP contribution is -2.09. The first-order valence-corrected chi connectivity index (χ1v) is 3.17. The maximum Gasteiger partial charge on any atom is 0.0548 e. The minimum absolute atomic E-state index is 0.347. The Bertz CT molecular complexity index is 61.8. The van der Waals surface area contributed by atoms with Gasteiger partial charge in [-0.1, -0.05) is 19.8 Å². The molecule has 0 aliphatic rings. The van der Waals surface area contributed by atoms with Crippen molar-refractivity contribution >= 4 is 0 Å². The molecular weight excluding hydrogens is 112 g/mol. The van der Waals surface area contributed by atoms with Crippen LogP contribution in [0.15, 0.2) is 0 Å². The molecule has 0 atom stereocenters. The van der Waals surface area contributed by atoms with E-state index >= 15 is 0 Å². The molecule has 0 rings (SSSR count). The van der Waals surface area contributed by atoms with Crippen LogP contribution in [0, 0.1) is 12.3 Å². The molecule has 0 spiro atoms. The predicted octanol–water partition coefficient (Wildman–Crippen LogP) is 0.194. The minimum Gasteiger partial charge on any atom is -0.320 e. The zero-order valence-electron chi connectivity index (χ0n) is 6.28. The zero-order valence-corrected chi connectivity index (χ0v) is 6.28. The third-order valence-electron chi connectivity index (χ3n) is 0.618. The number of terminal acetylenes is 1. The molecule has 0 aliphatic carbocycles. The van der Waals surface area contributed by atoms with Gasteiger partial charge < -0.3 is 11.1 Å². The molecule has 0 aromatic rings. The van der Waals surface area contributed by atoms with Crippen molar-refractivity contribution in [2.24, 2.45) is 5.73 Å². The lowest BCUT2D eigenvalue weighted by molar-refractivity contribution is 0.762. The first-order chi connectivity index (χ1) is 4.33. The number of nitrogens with two attached hydrogens (primary N) is 1. The Morgan fingerprint density at radius 2 is 1.78 bits per heavy atom. The summed E-state index contributed by atoms with van der Waals surface area (Å²) in [7, 11) is 0. The Hall–Kier alpha value is -0.520. The van der Waals surface area contributed by atoms with Crippen LogP contribution < -0.4 is 11.1 Å². The van der Waals surface area contributed by atoms with E-state index in [1.165, 1.54) is 0 Å². The summed E-state index contributed by atoms with van der Waals surface area (Å²) >= 11 is 0. The quantitative estimate of drug-likeness (QED) is 0.521. The zero-order chi connectivity index (χ0) is 7.54. The van der Waals surface area contributed by atoms with E-state index in [1.807, 2.05) is 0 Å². The van der Waals surface area contributed by atoms with E-state index in [0.29, 0.717) is 6.54 Å². The van der Waals surface area contributed by atoms with Gasteiger partial charge in [-0.25, -0.2) is 0 Å². The molecule has 0 aromatic carbocycles. The van der Waals surface area contributed by atoms with Crippen LogP contribution in [0.1, 0.15) is 13.8 Å². The topological polar surface area (TPSA) is 38.0 Å². The van der Waals surface area contributed by atoms with E-state index in [0.717, 1.165) is 13.1 Å². The molecule has 0 aliphatic heterocycles. The average molecular weight is 128 g/mol. The summed E-state index contributed by atoms with van der Waals surface area (Å²) in [6.45, 7) is 6.74. The van der Waals surface area contributed by atoms with Crippen LogP contribution in [0.3, 0.4) is 0 Å². The van der Waals surface area contributed by atoms with Gasteiger partial charge in [-0.3, -0.25) is 0 Å². The van der Waals surface area contributed by atoms with Crippen molar-refractivity contribution in [2.45, 2.75) is 13.8 Å². The maximum atomic E-state index is 4.79. The summed E-state index contributed by atoms with van der Waals surface area (Å²) in [5, 5.41) is 3.11. The molecule has 54 valence electrons. The highest BCUT2D eigenvalue weighted by atomic mass is 14.8. The maximum absolute atomic E-state index is 4.79. The Balaban J connectivity index is 0. The molecule has 0 aromatic heterocycles. The molecule has 2 nitrogen and oxygen atoms in total. The van der Waals surface area contributed by atoms with E-state index in [9.17, 15) is 0 Å². The second-order valence-electron chi connectivity index (χ2n) is 1.37. The van der Waals surface area contributed by atoms with Gasteiger partial charge in [-0.05, 0) is 13.1 Å². The molecule has 0 unspecified atom stereocenters. The van der Waals surface area contributed by atoms with Crippen molar-refractivity contribution in [2.75, 3.05) is 19.6 Å². The normalized spacial score (nSPS) is 6.89. The van der Waals surface area contributed by atoms with Gasteiger partial charge in [0.2, 0.25) is 0 Å². The average Bonchev–Trinajstić information content (AvgIpc) is 1.91. The molecule has 9 heavy (non-hydrogen) atoms.